The minimum absolute atomic E-state index is 0.0698. The summed E-state index contributed by atoms with van der Waals surface area (Å²) in [7, 11) is 0. The Morgan fingerprint density at radius 1 is 1.09 bits per heavy atom. The lowest BCUT2D eigenvalue weighted by Gasteiger charge is -2.28. The van der Waals surface area contributed by atoms with Gasteiger partial charge in [-0.15, -0.1) is 0 Å². The second-order valence-corrected chi connectivity index (χ2v) is 9.46. The molecule has 1 aliphatic heterocycles. The van der Waals surface area contributed by atoms with E-state index in [4.69, 9.17) is 4.74 Å². The van der Waals surface area contributed by atoms with E-state index in [1.165, 1.54) is 0 Å². The van der Waals surface area contributed by atoms with Gasteiger partial charge in [0.25, 0.3) is 5.91 Å². The highest BCUT2D eigenvalue weighted by Gasteiger charge is 2.52. The Bertz CT molecular complexity index is 1070. The smallest absolute Gasteiger partial charge is 0.253 e. The van der Waals surface area contributed by atoms with E-state index in [-0.39, 0.29) is 17.8 Å². The third kappa shape index (κ3) is 5.25. The van der Waals surface area contributed by atoms with Crippen molar-refractivity contribution in [3.8, 4) is 0 Å². The molecule has 1 amide bonds. The van der Waals surface area contributed by atoms with Gasteiger partial charge in [0.15, 0.2) is 5.78 Å². The molecule has 0 radical (unpaired) electrons. The lowest BCUT2D eigenvalue weighted by atomic mass is 9.85. The molecule has 0 spiro atoms. The highest BCUT2D eigenvalue weighted by molar-refractivity contribution is 9.10. The Labute approximate surface area is 202 Å². The summed E-state index contributed by atoms with van der Waals surface area (Å²) in [6.07, 6.45) is 5.17. The van der Waals surface area contributed by atoms with Crippen molar-refractivity contribution in [1.82, 2.24) is 14.5 Å². The number of benzene rings is 2. The quantitative estimate of drug-likeness (QED) is 0.384. The molecule has 1 aliphatic rings. The van der Waals surface area contributed by atoms with Gasteiger partial charge in [0.1, 0.15) is 6.10 Å². The molecule has 172 valence electrons. The molecule has 0 bridgehead atoms. The summed E-state index contributed by atoms with van der Waals surface area (Å²) in [5, 5.41) is 0. The fraction of sp³-hybridized carbons (Fsp3) is 0.346. The van der Waals surface area contributed by atoms with Crippen molar-refractivity contribution >= 4 is 27.6 Å². The van der Waals surface area contributed by atoms with Gasteiger partial charge in [0.05, 0.1) is 24.4 Å². The summed E-state index contributed by atoms with van der Waals surface area (Å²) in [5.41, 5.74) is 1.52. The summed E-state index contributed by atoms with van der Waals surface area (Å²) in [5.74, 6) is -0.826. The molecular weight excluding hydrogens is 482 g/mol. The molecule has 0 aliphatic carbocycles. The van der Waals surface area contributed by atoms with Crippen LogP contribution in [-0.4, -0.2) is 44.9 Å². The maximum Gasteiger partial charge on any atom is 0.253 e. The molecule has 2 aromatic carbocycles. The number of carbonyl (C=O) groups excluding carboxylic acids is 2. The topological polar surface area (TPSA) is 64.4 Å². The van der Waals surface area contributed by atoms with Crippen LogP contribution in [0.1, 0.15) is 42.2 Å². The zero-order valence-corrected chi connectivity index (χ0v) is 20.4. The van der Waals surface area contributed by atoms with Gasteiger partial charge in [0.2, 0.25) is 0 Å². The first-order chi connectivity index (χ1) is 16.0. The summed E-state index contributed by atoms with van der Waals surface area (Å²) in [4.78, 5) is 33.3. The third-order valence-corrected chi connectivity index (χ3v) is 6.42. The van der Waals surface area contributed by atoms with Crippen molar-refractivity contribution in [2.45, 2.75) is 45.1 Å². The van der Waals surface area contributed by atoms with Gasteiger partial charge in [-0.05, 0) is 38.0 Å². The monoisotopic (exact) mass is 509 g/mol. The standard InChI is InChI=1S/C26H28BrN3O3/c1-18(2)33-25-22(24(31)20-7-4-3-5-8-20)23(19-9-11-21(27)12-10-19)30(26(25)32)15-6-14-29-16-13-28-17-29/h3-5,7-13,16-18,22-23,25H,6,14-15H2,1-2H3. The van der Waals surface area contributed by atoms with Crippen LogP contribution >= 0.6 is 15.9 Å². The third-order valence-electron chi connectivity index (χ3n) is 5.89. The number of carbonyl (C=O) groups is 2. The lowest BCUT2D eigenvalue weighted by molar-refractivity contribution is -0.141. The zero-order chi connectivity index (χ0) is 23.4. The average Bonchev–Trinajstić information content (AvgIpc) is 3.42. The Kier molecular flexibility index (Phi) is 7.40. The molecule has 33 heavy (non-hydrogen) atoms. The highest BCUT2D eigenvalue weighted by Crippen LogP contribution is 2.42. The van der Waals surface area contributed by atoms with Crippen LogP contribution in [0.4, 0.5) is 0 Å². The van der Waals surface area contributed by atoms with Crippen molar-refractivity contribution < 1.29 is 14.3 Å². The molecule has 3 atom stereocenters. The number of likely N-dealkylation sites (tertiary alicyclic amines) is 1. The van der Waals surface area contributed by atoms with E-state index in [9.17, 15) is 9.59 Å². The molecule has 0 N–H and O–H groups in total. The fourth-order valence-electron chi connectivity index (χ4n) is 4.46. The minimum Gasteiger partial charge on any atom is -0.365 e. The van der Waals surface area contributed by atoms with Gasteiger partial charge in [0, 0.05) is 35.5 Å². The summed E-state index contributed by atoms with van der Waals surface area (Å²) in [6.45, 7) is 5.06. The Balaban J connectivity index is 1.70. The molecule has 0 saturated carbocycles. The zero-order valence-electron chi connectivity index (χ0n) is 18.8. The molecule has 2 heterocycles. The van der Waals surface area contributed by atoms with Crippen LogP contribution in [0.25, 0.3) is 0 Å². The average molecular weight is 510 g/mol. The summed E-state index contributed by atoms with van der Waals surface area (Å²) >= 11 is 3.49. The van der Waals surface area contributed by atoms with E-state index in [0.29, 0.717) is 12.1 Å². The number of ether oxygens (including phenoxy) is 1. The lowest BCUT2D eigenvalue weighted by Crippen LogP contribution is -2.35. The van der Waals surface area contributed by atoms with Gasteiger partial charge in [-0.25, -0.2) is 4.98 Å². The van der Waals surface area contributed by atoms with Crippen molar-refractivity contribution in [3.05, 3.63) is 88.9 Å². The normalized spacial score (nSPS) is 20.5. The first kappa shape index (κ1) is 23.4. The first-order valence-corrected chi connectivity index (χ1v) is 12.0. The number of rotatable bonds is 9. The van der Waals surface area contributed by atoms with E-state index in [1.54, 1.807) is 24.7 Å². The van der Waals surface area contributed by atoms with Crippen LogP contribution in [-0.2, 0) is 16.1 Å². The maximum atomic E-state index is 13.8. The number of hydrogen-bond donors (Lipinski definition) is 0. The van der Waals surface area contributed by atoms with Gasteiger partial charge in [-0.2, -0.15) is 0 Å². The fourth-order valence-corrected chi connectivity index (χ4v) is 4.73. The number of Topliss-reactive ketones (excluding diaryl/α,β-unsaturated/α-hetero) is 1. The van der Waals surface area contributed by atoms with Crippen LogP contribution < -0.4 is 0 Å². The van der Waals surface area contributed by atoms with Crippen molar-refractivity contribution in [2.75, 3.05) is 6.54 Å². The number of aromatic nitrogens is 2. The number of ketones is 1. The number of halogens is 1. The van der Waals surface area contributed by atoms with Crippen LogP contribution in [0.2, 0.25) is 0 Å². The van der Waals surface area contributed by atoms with Crippen molar-refractivity contribution in [2.24, 2.45) is 5.92 Å². The molecule has 4 rings (SSSR count). The molecule has 1 aromatic heterocycles. The van der Waals surface area contributed by atoms with Crippen molar-refractivity contribution in [3.63, 3.8) is 0 Å². The molecule has 1 saturated heterocycles. The van der Waals surface area contributed by atoms with Crippen molar-refractivity contribution in [1.29, 1.82) is 0 Å². The van der Waals surface area contributed by atoms with Crippen LogP contribution in [0, 0.1) is 5.92 Å². The number of amides is 1. The first-order valence-electron chi connectivity index (χ1n) is 11.2. The Hall–Kier alpha value is -2.77. The predicted octanol–water partition coefficient (Wildman–Crippen LogP) is 4.91. The van der Waals surface area contributed by atoms with Crippen LogP contribution in [0.15, 0.2) is 77.8 Å². The largest absolute Gasteiger partial charge is 0.365 e. The Morgan fingerprint density at radius 3 is 2.45 bits per heavy atom. The van der Waals surface area contributed by atoms with Gasteiger partial charge in [-0.3, -0.25) is 9.59 Å². The number of hydrogen-bond acceptors (Lipinski definition) is 4. The summed E-state index contributed by atoms with van der Waals surface area (Å²) in [6, 6.07) is 16.6. The molecule has 7 heteroatoms. The SMILES string of the molecule is CC(C)OC1C(=O)N(CCCn2ccnc2)C(c2ccc(Br)cc2)C1C(=O)c1ccccc1. The minimum atomic E-state index is -0.820. The van der Waals surface area contributed by atoms with E-state index in [0.717, 1.165) is 23.0 Å². The molecule has 3 unspecified atom stereocenters. The van der Waals surface area contributed by atoms with Gasteiger partial charge < -0.3 is 14.2 Å². The number of imidazole rings is 1. The molecule has 3 aromatic rings. The Morgan fingerprint density at radius 2 is 1.82 bits per heavy atom. The van der Waals surface area contributed by atoms with E-state index in [1.807, 2.05) is 72.0 Å². The number of nitrogens with zero attached hydrogens (tertiary/aromatic N) is 3. The van der Waals surface area contributed by atoms with Gasteiger partial charge >= 0.3 is 0 Å². The van der Waals surface area contributed by atoms with E-state index < -0.39 is 18.1 Å². The summed E-state index contributed by atoms with van der Waals surface area (Å²) < 4.78 is 9.04. The predicted molar refractivity (Wildman–Crippen MR) is 130 cm³/mol. The van der Waals surface area contributed by atoms with Gasteiger partial charge in [-0.1, -0.05) is 58.4 Å². The maximum absolute atomic E-state index is 13.8. The number of aryl methyl sites for hydroxylation is 1. The molecule has 6 nitrogen and oxygen atoms in total. The van der Waals surface area contributed by atoms with E-state index in [2.05, 4.69) is 20.9 Å². The van der Waals surface area contributed by atoms with Crippen LogP contribution in [0.3, 0.4) is 0 Å². The second-order valence-electron chi connectivity index (χ2n) is 8.54. The second kappa shape index (κ2) is 10.4. The molecule has 1 fully saturated rings. The van der Waals surface area contributed by atoms with Crippen LogP contribution in [0.5, 0.6) is 0 Å². The molecular formula is C26H28BrN3O3. The van der Waals surface area contributed by atoms with E-state index >= 15 is 0 Å². The highest BCUT2D eigenvalue weighted by atomic mass is 79.9.